The zero-order valence-electron chi connectivity index (χ0n) is 16.3. The van der Waals surface area contributed by atoms with Gasteiger partial charge < -0.3 is 10.1 Å². The van der Waals surface area contributed by atoms with Crippen molar-refractivity contribution in [1.29, 1.82) is 0 Å². The molecule has 0 heterocycles. The van der Waals surface area contributed by atoms with Crippen LogP contribution in [0.4, 0.5) is 11.4 Å². The lowest BCUT2D eigenvalue weighted by Gasteiger charge is -2.18. The average Bonchev–Trinajstić information content (AvgIpc) is 2.57. The number of rotatable bonds is 7. The third-order valence-corrected chi connectivity index (χ3v) is 4.37. The minimum absolute atomic E-state index is 0.0984. The highest BCUT2D eigenvalue weighted by molar-refractivity contribution is 5.94. The van der Waals surface area contributed by atoms with Gasteiger partial charge in [-0.15, -0.1) is 0 Å². The summed E-state index contributed by atoms with van der Waals surface area (Å²) in [4.78, 5) is 25.0. The Morgan fingerprint density at radius 1 is 1.19 bits per heavy atom. The molecule has 1 amide bonds. The summed E-state index contributed by atoms with van der Waals surface area (Å²) in [6, 6.07) is 8.99. The van der Waals surface area contributed by atoms with Crippen molar-refractivity contribution in [2.24, 2.45) is 0 Å². The Labute approximate surface area is 159 Å². The van der Waals surface area contributed by atoms with Crippen LogP contribution < -0.4 is 10.1 Å². The maximum atomic E-state index is 12.4. The molecule has 0 saturated heterocycles. The highest BCUT2D eigenvalue weighted by Gasteiger charge is 2.18. The van der Waals surface area contributed by atoms with E-state index in [1.807, 2.05) is 44.0 Å². The quantitative estimate of drug-likeness (QED) is 0.594. The molecule has 2 rings (SSSR count). The summed E-state index contributed by atoms with van der Waals surface area (Å²) >= 11 is 0. The Morgan fingerprint density at radius 2 is 1.85 bits per heavy atom. The Morgan fingerprint density at radius 3 is 2.48 bits per heavy atom. The fraction of sp³-hybridized carbons (Fsp3) is 0.350. The molecule has 0 bridgehead atoms. The lowest BCUT2D eigenvalue weighted by molar-refractivity contribution is -0.384. The van der Waals surface area contributed by atoms with Crippen molar-refractivity contribution in [3.05, 3.63) is 62.7 Å². The van der Waals surface area contributed by atoms with Gasteiger partial charge in [0.2, 0.25) is 5.91 Å². The van der Waals surface area contributed by atoms with Crippen molar-refractivity contribution >= 4 is 17.3 Å². The molecule has 2 aromatic carbocycles. The third-order valence-electron chi connectivity index (χ3n) is 4.37. The summed E-state index contributed by atoms with van der Waals surface area (Å²) in [6.07, 6.45) is 0. The van der Waals surface area contributed by atoms with Crippen LogP contribution in [0.1, 0.15) is 22.3 Å². The van der Waals surface area contributed by atoms with Crippen molar-refractivity contribution in [3.8, 4) is 5.75 Å². The Hall–Kier alpha value is -2.93. The summed E-state index contributed by atoms with van der Waals surface area (Å²) in [5.74, 6) is 0.452. The molecular formula is C20H25N3O4. The number of carbonyl (C=O) groups is 1. The standard InChI is InChI=1S/C20H25N3O4/c1-13-6-7-19(27-5)16(8-13)11-22(4)12-20(24)21-17-9-14(2)15(3)10-18(17)23(25)26/h6-10H,11-12H2,1-5H3,(H,21,24). The van der Waals surface area contributed by atoms with Gasteiger partial charge in [-0.3, -0.25) is 19.8 Å². The predicted octanol–water partition coefficient (Wildman–Crippen LogP) is 3.60. The second-order valence-electron chi connectivity index (χ2n) is 6.75. The fourth-order valence-electron chi connectivity index (χ4n) is 2.86. The van der Waals surface area contributed by atoms with Crippen molar-refractivity contribution in [2.75, 3.05) is 26.0 Å². The maximum Gasteiger partial charge on any atom is 0.293 e. The van der Waals surface area contributed by atoms with Crippen LogP contribution in [-0.4, -0.2) is 36.4 Å². The predicted molar refractivity (Wildman–Crippen MR) is 105 cm³/mol. The number of aryl methyl sites for hydroxylation is 3. The number of hydrogen-bond acceptors (Lipinski definition) is 5. The molecule has 7 heteroatoms. The monoisotopic (exact) mass is 371 g/mol. The van der Waals surface area contributed by atoms with Crippen LogP contribution in [0.2, 0.25) is 0 Å². The number of nitrogens with zero attached hydrogens (tertiary/aromatic N) is 2. The molecular weight excluding hydrogens is 346 g/mol. The SMILES string of the molecule is COc1ccc(C)cc1CN(C)CC(=O)Nc1cc(C)c(C)cc1[N+](=O)[O-]. The molecule has 0 aliphatic heterocycles. The lowest BCUT2D eigenvalue weighted by Crippen LogP contribution is -2.30. The van der Waals surface area contributed by atoms with E-state index in [-0.39, 0.29) is 23.8 Å². The van der Waals surface area contributed by atoms with Crippen molar-refractivity contribution in [1.82, 2.24) is 4.90 Å². The number of amides is 1. The van der Waals surface area contributed by atoms with Crippen LogP contribution in [0.3, 0.4) is 0 Å². The topological polar surface area (TPSA) is 84.7 Å². The Kier molecular flexibility index (Phi) is 6.52. The molecule has 7 nitrogen and oxygen atoms in total. The van der Waals surface area contributed by atoms with Gasteiger partial charge in [0.25, 0.3) is 5.69 Å². The smallest absolute Gasteiger partial charge is 0.293 e. The number of anilines is 1. The summed E-state index contributed by atoms with van der Waals surface area (Å²) in [5.41, 5.74) is 3.89. The molecule has 27 heavy (non-hydrogen) atoms. The van der Waals surface area contributed by atoms with Crippen LogP contribution in [0.5, 0.6) is 5.75 Å². The summed E-state index contributed by atoms with van der Waals surface area (Å²) in [7, 11) is 3.43. The normalized spacial score (nSPS) is 10.7. The number of ether oxygens (including phenoxy) is 1. The van der Waals surface area contributed by atoms with Crippen molar-refractivity contribution in [3.63, 3.8) is 0 Å². The van der Waals surface area contributed by atoms with Crippen molar-refractivity contribution < 1.29 is 14.5 Å². The van der Waals surface area contributed by atoms with Gasteiger partial charge >= 0.3 is 0 Å². The molecule has 0 radical (unpaired) electrons. The van der Waals surface area contributed by atoms with Crippen molar-refractivity contribution in [2.45, 2.75) is 27.3 Å². The largest absolute Gasteiger partial charge is 0.496 e. The molecule has 0 aliphatic carbocycles. The van der Waals surface area contributed by atoms with Gasteiger partial charge in [-0.1, -0.05) is 17.7 Å². The number of nitro groups is 1. The number of nitro benzene ring substituents is 1. The van der Waals surface area contributed by atoms with Gasteiger partial charge in [-0.2, -0.15) is 0 Å². The molecule has 2 aromatic rings. The first-order chi connectivity index (χ1) is 12.7. The molecule has 1 N–H and O–H groups in total. The zero-order valence-corrected chi connectivity index (χ0v) is 16.3. The van der Waals surface area contributed by atoms with Gasteiger partial charge in [0.15, 0.2) is 0 Å². The molecule has 144 valence electrons. The number of methoxy groups -OCH3 is 1. The van der Waals surface area contributed by atoms with E-state index in [4.69, 9.17) is 4.74 Å². The van der Waals surface area contributed by atoms with E-state index in [2.05, 4.69) is 5.32 Å². The first-order valence-corrected chi connectivity index (χ1v) is 8.58. The van der Waals surface area contributed by atoms with Crippen LogP contribution in [0.25, 0.3) is 0 Å². The van der Waals surface area contributed by atoms with E-state index < -0.39 is 4.92 Å². The van der Waals surface area contributed by atoms with Crippen LogP contribution in [0, 0.1) is 30.9 Å². The van der Waals surface area contributed by atoms with Crippen LogP contribution in [0.15, 0.2) is 30.3 Å². The molecule has 0 aromatic heterocycles. The van der Waals surface area contributed by atoms with E-state index in [9.17, 15) is 14.9 Å². The lowest BCUT2D eigenvalue weighted by atomic mass is 10.1. The minimum Gasteiger partial charge on any atom is -0.496 e. The fourth-order valence-corrected chi connectivity index (χ4v) is 2.86. The summed E-state index contributed by atoms with van der Waals surface area (Å²) < 4.78 is 5.37. The number of likely N-dealkylation sites (N-methyl/N-ethyl adjacent to an activating group) is 1. The highest BCUT2D eigenvalue weighted by Crippen LogP contribution is 2.28. The molecule has 0 aliphatic rings. The van der Waals surface area contributed by atoms with E-state index in [1.54, 1.807) is 20.1 Å². The first kappa shape index (κ1) is 20.4. The Bertz CT molecular complexity index is 865. The second kappa shape index (κ2) is 8.64. The van der Waals surface area contributed by atoms with Gasteiger partial charge in [0, 0.05) is 18.2 Å². The number of hydrogen-bond donors (Lipinski definition) is 1. The number of carbonyl (C=O) groups excluding carboxylic acids is 1. The molecule has 0 saturated carbocycles. The first-order valence-electron chi connectivity index (χ1n) is 8.58. The zero-order chi connectivity index (χ0) is 20.1. The average molecular weight is 371 g/mol. The molecule has 0 atom stereocenters. The van der Waals surface area contributed by atoms with Gasteiger partial charge in [0.1, 0.15) is 11.4 Å². The maximum absolute atomic E-state index is 12.4. The number of benzene rings is 2. The van der Waals surface area contributed by atoms with Crippen LogP contribution >= 0.6 is 0 Å². The van der Waals surface area contributed by atoms with Gasteiger partial charge in [-0.05, 0) is 51.1 Å². The molecule has 0 spiro atoms. The third kappa shape index (κ3) is 5.27. The summed E-state index contributed by atoms with van der Waals surface area (Å²) in [6.45, 7) is 6.27. The molecule has 0 unspecified atom stereocenters. The second-order valence-corrected chi connectivity index (χ2v) is 6.75. The van der Waals surface area contributed by atoms with E-state index in [0.29, 0.717) is 6.54 Å². The highest BCUT2D eigenvalue weighted by atomic mass is 16.6. The molecule has 0 fully saturated rings. The minimum atomic E-state index is -0.483. The number of nitrogens with one attached hydrogen (secondary N) is 1. The van der Waals surface area contributed by atoms with Gasteiger partial charge in [0.05, 0.1) is 18.6 Å². The van der Waals surface area contributed by atoms with E-state index in [1.165, 1.54) is 6.07 Å². The van der Waals surface area contributed by atoms with Crippen LogP contribution in [-0.2, 0) is 11.3 Å². The van der Waals surface area contributed by atoms with Gasteiger partial charge in [-0.25, -0.2) is 0 Å². The van der Waals surface area contributed by atoms with E-state index in [0.717, 1.165) is 28.0 Å². The Balaban J connectivity index is 2.09. The van der Waals surface area contributed by atoms with E-state index >= 15 is 0 Å². The summed E-state index contributed by atoms with van der Waals surface area (Å²) in [5, 5.41) is 13.9.